The first kappa shape index (κ1) is 11.9. The van der Waals surface area contributed by atoms with Crippen LogP contribution in [-0.2, 0) is 13.0 Å². The maximum atomic E-state index is 5.25. The van der Waals surface area contributed by atoms with Crippen LogP contribution in [0.1, 0.15) is 17.4 Å². The van der Waals surface area contributed by atoms with Gasteiger partial charge in [0, 0.05) is 11.1 Å². The van der Waals surface area contributed by atoms with Crippen molar-refractivity contribution in [2.24, 2.45) is 0 Å². The Morgan fingerprint density at radius 3 is 3.06 bits per heavy atom. The topological polar surface area (TPSA) is 34.2 Å². The van der Waals surface area contributed by atoms with Gasteiger partial charge in [-0.25, -0.2) is 4.98 Å². The molecule has 0 spiro atoms. The van der Waals surface area contributed by atoms with Crippen molar-refractivity contribution in [2.45, 2.75) is 19.9 Å². The van der Waals surface area contributed by atoms with Crippen LogP contribution in [0.2, 0.25) is 0 Å². The van der Waals surface area contributed by atoms with Gasteiger partial charge < -0.3 is 10.1 Å². The van der Waals surface area contributed by atoms with Crippen LogP contribution in [0, 0.1) is 0 Å². The molecule has 0 saturated heterocycles. The van der Waals surface area contributed by atoms with Crippen molar-refractivity contribution in [1.82, 2.24) is 4.98 Å². The lowest BCUT2D eigenvalue weighted by Gasteiger charge is -2.09. The number of hydrogen-bond acceptors (Lipinski definition) is 4. The van der Waals surface area contributed by atoms with E-state index in [4.69, 9.17) is 4.74 Å². The van der Waals surface area contributed by atoms with Gasteiger partial charge in [0.25, 0.3) is 0 Å². The number of rotatable bonds is 5. The summed E-state index contributed by atoms with van der Waals surface area (Å²) >= 11 is 1.78. The summed E-state index contributed by atoms with van der Waals surface area (Å²) in [7, 11) is 1.66. The summed E-state index contributed by atoms with van der Waals surface area (Å²) in [6.07, 6.45) is 2.83. The Morgan fingerprint density at radius 1 is 1.41 bits per heavy atom. The number of pyridine rings is 1. The molecular formula is C13H16N2OS. The molecule has 3 nitrogen and oxygen atoms in total. The third-order valence-corrected chi connectivity index (χ3v) is 3.59. The van der Waals surface area contributed by atoms with Crippen LogP contribution in [-0.4, -0.2) is 12.1 Å². The largest absolute Gasteiger partial charge is 0.493 e. The predicted octanol–water partition coefficient (Wildman–Crippen LogP) is 3.33. The molecule has 2 aromatic rings. The van der Waals surface area contributed by atoms with Crippen LogP contribution in [0.15, 0.2) is 29.8 Å². The van der Waals surface area contributed by atoms with E-state index in [2.05, 4.69) is 28.7 Å². The lowest BCUT2D eigenvalue weighted by atomic mass is 10.2. The van der Waals surface area contributed by atoms with Crippen LogP contribution in [0.4, 0.5) is 5.82 Å². The maximum Gasteiger partial charge on any atom is 0.169 e. The van der Waals surface area contributed by atoms with E-state index < -0.39 is 0 Å². The molecule has 90 valence electrons. The zero-order valence-corrected chi connectivity index (χ0v) is 10.9. The average molecular weight is 248 g/mol. The third-order valence-electron chi connectivity index (χ3n) is 2.63. The van der Waals surface area contributed by atoms with Gasteiger partial charge in [-0.15, -0.1) is 11.3 Å². The van der Waals surface area contributed by atoms with Gasteiger partial charge in [-0.1, -0.05) is 6.92 Å². The molecule has 0 atom stereocenters. The van der Waals surface area contributed by atoms with Crippen molar-refractivity contribution >= 4 is 17.2 Å². The number of aromatic nitrogens is 1. The zero-order chi connectivity index (χ0) is 12.1. The number of anilines is 1. The summed E-state index contributed by atoms with van der Waals surface area (Å²) in [6, 6.07) is 5.95. The molecule has 1 N–H and O–H groups in total. The van der Waals surface area contributed by atoms with Crippen LogP contribution in [0.3, 0.4) is 0 Å². The lowest BCUT2D eigenvalue weighted by Crippen LogP contribution is -2.03. The molecule has 0 saturated carbocycles. The molecule has 0 aromatic carbocycles. The van der Waals surface area contributed by atoms with E-state index in [1.807, 2.05) is 12.1 Å². The summed E-state index contributed by atoms with van der Waals surface area (Å²) in [6.45, 7) is 2.97. The van der Waals surface area contributed by atoms with E-state index in [1.165, 1.54) is 10.4 Å². The van der Waals surface area contributed by atoms with Crippen molar-refractivity contribution in [2.75, 3.05) is 12.4 Å². The van der Waals surface area contributed by atoms with Crippen LogP contribution in [0.5, 0.6) is 5.75 Å². The van der Waals surface area contributed by atoms with Crippen molar-refractivity contribution in [3.8, 4) is 5.75 Å². The van der Waals surface area contributed by atoms with Crippen molar-refractivity contribution in [3.05, 3.63) is 40.2 Å². The normalized spacial score (nSPS) is 10.2. The molecule has 0 aliphatic rings. The fraction of sp³-hybridized carbons (Fsp3) is 0.308. The number of aryl methyl sites for hydroxylation is 1. The van der Waals surface area contributed by atoms with Crippen LogP contribution < -0.4 is 10.1 Å². The molecule has 2 heterocycles. The predicted molar refractivity (Wildman–Crippen MR) is 71.8 cm³/mol. The highest BCUT2D eigenvalue weighted by Crippen LogP contribution is 2.23. The van der Waals surface area contributed by atoms with Gasteiger partial charge in [0.2, 0.25) is 0 Å². The molecule has 0 amide bonds. The smallest absolute Gasteiger partial charge is 0.169 e. The highest BCUT2D eigenvalue weighted by Gasteiger charge is 2.05. The Labute approximate surface area is 105 Å². The number of hydrogen-bond donors (Lipinski definition) is 1. The molecule has 2 aromatic heterocycles. The molecule has 0 aliphatic heterocycles. The molecule has 17 heavy (non-hydrogen) atoms. The molecule has 0 fully saturated rings. The van der Waals surface area contributed by atoms with Gasteiger partial charge >= 0.3 is 0 Å². The molecule has 0 unspecified atom stereocenters. The number of ether oxygens (including phenoxy) is 1. The average Bonchev–Trinajstić information content (AvgIpc) is 2.84. The Morgan fingerprint density at radius 2 is 2.29 bits per heavy atom. The zero-order valence-electron chi connectivity index (χ0n) is 10.1. The first-order chi connectivity index (χ1) is 8.35. The summed E-state index contributed by atoms with van der Waals surface area (Å²) in [5.74, 6) is 1.58. The van der Waals surface area contributed by atoms with Crippen molar-refractivity contribution in [3.63, 3.8) is 0 Å². The van der Waals surface area contributed by atoms with E-state index in [0.717, 1.165) is 24.5 Å². The Bertz CT molecular complexity index is 482. The lowest BCUT2D eigenvalue weighted by molar-refractivity contribution is 0.415. The standard InChI is InChI=1S/C13H16N2OS/c1-3-10-6-8-17-12(10)9-15-13-11(16-2)5-4-7-14-13/h4-8H,3,9H2,1-2H3,(H,14,15). The van der Waals surface area contributed by atoms with Gasteiger partial charge in [0.05, 0.1) is 13.7 Å². The third kappa shape index (κ3) is 2.77. The molecule has 0 radical (unpaired) electrons. The molecule has 2 rings (SSSR count). The number of thiophene rings is 1. The minimum Gasteiger partial charge on any atom is -0.493 e. The maximum absolute atomic E-state index is 5.25. The SMILES string of the molecule is CCc1ccsc1CNc1ncccc1OC. The minimum atomic E-state index is 0.780. The Hall–Kier alpha value is -1.55. The summed E-state index contributed by atoms with van der Waals surface area (Å²) < 4.78 is 5.25. The van der Waals surface area contributed by atoms with Gasteiger partial charge in [-0.05, 0) is 35.6 Å². The van der Waals surface area contributed by atoms with Crippen LogP contribution in [0.25, 0.3) is 0 Å². The van der Waals surface area contributed by atoms with E-state index >= 15 is 0 Å². The van der Waals surface area contributed by atoms with Gasteiger partial charge in [0.1, 0.15) is 0 Å². The second-order valence-corrected chi connectivity index (χ2v) is 4.63. The fourth-order valence-electron chi connectivity index (χ4n) is 1.69. The minimum absolute atomic E-state index is 0.780. The summed E-state index contributed by atoms with van der Waals surface area (Å²) in [5, 5.41) is 5.45. The quantitative estimate of drug-likeness (QED) is 0.881. The van der Waals surface area contributed by atoms with Gasteiger partial charge in [-0.3, -0.25) is 0 Å². The van der Waals surface area contributed by atoms with E-state index in [0.29, 0.717) is 0 Å². The van der Waals surface area contributed by atoms with Crippen LogP contribution >= 0.6 is 11.3 Å². The number of nitrogens with one attached hydrogen (secondary N) is 1. The second-order valence-electron chi connectivity index (χ2n) is 3.63. The Kier molecular flexibility index (Phi) is 3.98. The van der Waals surface area contributed by atoms with Gasteiger partial charge in [-0.2, -0.15) is 0 Å². The molecular weight excluding hydrogens is 232 g/mol. The summed E-state index contributed by atoms with van der Waals surface area (Å²) in [4.78, 5) is 5.63. The van der Waals surface area contributed by atoms with E-state index in [-0.39, 0.29) is 0 Å². The Balaban J connectivity index is 2.07. The van der Waals surface area contributed by atoms with Crippen molar-refractivity contribution in [1.29, 1.82) is 0 Å². The molecule has 0 aliphatic carbocycles. The second kappa shape index (κ2) is 5.68. The molecule has 0 bridgehead atoms. The summed E-state index contributed by atoms with van der Waals surface area (Å²) in [5.41, 5.74) is 1.40. The fourth-order valence-corrected chi connectivity index (χ4v) is 2.60. The molecule has 4 heteroatoms. The highest BCUT2D eigenvalue weighted by atomic mass is 32.1. The highest BCUT2D eigenvalue weighted by molar-refractivity contribution is 7.10. The van der Waals surface area contributed by atoms with Gasteiger partial charge in [0.15, 0.2) is 11.6 Å². The number of methoxy groups -OCH3 is 1. The van der Waals surface area contributed by atoms with E-state index in [1.54, 1.807) is 24.6 Å². The number of nitrogens with zero attached hydrogens (tertiary/aromatic N) is 1. The van der Waals surface area contributed by atoms with E-state index in [9.17, 15) is 0 Å². The first-order valence-corrected chi connectivity index (χ1v) is 6.51. The monoisotopic (exact) mass is 248 g/mol. The first-order valence-electron chi connectivity index (χ1n) is 5.63. The van der Waals surface area contributed by atoms with Crippen molar-refractivity contribution < 1.29 is 4.74 Å².